The van der Waals surface area contributed by atoms with E-state index in [-0.39, 0.29) is 21.9 Å². The van der Waals surface area contributed by atoms with Crippen LogP contribution in [-0.2, 0) is 0 Å². The van der Waals surface area contributed by atoms with Crippen molar-refractivity contribution in [2.24, 2.45) is 0 Å². The van der Waals surface area contributed by atoms with Crippen molar-refractivity contribution in [3.63, 3.8) is 0 Å². The van der Waals surface area contributed by atoms with E-state index in [1.165, 1.54) is 13.0 Å². The zero-order valence-corrected chi connectivity index (χ0v) is 10.9. The van der Waals surface area contributed by atoms with E-state index in [9.17, 15) is 13.2 Å². The molecule has 0 aliphatic rings. The summed E-state index contributed by atoms with van der Waals surface area (Å²) in [6.45, 7) is 5.38. The fourth-order valence-corrected chi connectivity index (χ4v) is 1.84. The lowest BCUT2D eigenvalue weighted by Crippen LogP contribution is -2.02. The quantitative estimate of drug-likeness (QED) is 0.562. The Balaban J connectivity index is 0.000000861. The van der Waals surface area contributed by atoms with Crippen LogP contribution in [0.3, 0.4) is 0 Å². The number of anilines is 1. The second-order valence-electron chi connectivity index (χ2n) is 3.66. The molecule has 0 bridgehead atoms. The summed E-state index contributed by atoms with van der Waals surface area (Å²) >= 11 is 0. The summed E-state index contributed by atoms with van der Waals surface area (Å²) in [7, 11) is 0. The van der Waals surface area contributed by atoms with Gasteiger partial charge in [-0.1, -0.05) is 19.8 Å². The van der Waals surface area contributed by atoms with E-state index in [1.807, 2.05) is 13.8 Å². The molecule has 0 saturated heterocycles. The van der Waals surface area contributed by atoms with Crippen LogP contribution in [0.4, 0.5) is 18.9 Å². The van der Waals surface area contributed by atoms with Crippen molar-refractivity contribution in [1.29, 1.82) is 0 Å². The van der Waals surface area contributed by atoms with Gasteiger partial charge in [0.2, 0.25) is 0 Å². The number of rotatable bonds is 0. The summed E-state index contributed by atoms with van der Waals surface area (Å²) in [6, 6.07) is 2.24. The van der Waals surface area contributed by atoms with Crippen LogP contribution in [0.1, 0.15) is 25.0 Å². The molecule has 0 unspecified atom stereocenters. The minimum Gasteiger partial charge on any atom is -0.394 e. The molecule has 0 heterocycles. The van der Waals surface area contributed by atoms with Crippen molar-refractivity contribution in [2.75, 3.05) is 5.73 Å². The first-order valence-electron chi connectivity index (χ1n) is 5.80. The molecule has 0 aliphatic carbocycles. The number of nitrogens with two attached hydrogens (primary N) is 1. The second kappa shape index (κ2) is 5.66. The number of fused-ring (bicyclic) bond motifs is 1. The Morgan fingerprint density at radius 2 is 1.68 bits per heavy atom. The highest BCUT2D eigenvalue weighted by atomic mass is 19.1. The van der Waals surface area contributed by atoms with Gasteiger partial charge in [0.05, 0.1) is 5.56 Å². The minimum atomic E-state index is -0.917. The summed E-state index contributed by atoms with van der Waals surface area (Å²) in [4.78, 5) is 0. The van der Waals surface area contributed by atoms with Gasteiger partial charge in [-0.2, -0.15) is 0 Å². The Bertz CT molecular complexity index is 670. The molecule has 2 rings (SSSR count). The smallest absolute Gasteiger partial charge is 0.156 e. The summed E-state index contributed by atoms with van der Waals surface area (Å²) in [5, 5.41) is 0.0763. The van der Waals surface area contributed by atoms with Crippen LogP contribution >= 0.6 is 0 Å². The molecular weight excluding hydrogens is 251 g/mol. The van der Waals surface area contributed by atoms with E-state index in [0.717, 1.165) is 6.07 Å². The summed E-state index contributed by atoms with van der Waals surface area (Å²) in [5.74, 6) is -0.407. The predicted octanol–water partition coefficient (Wildman–Crippen LogP) is 4.16. The molecule has 0 spiro atoms. The third-order valence-corrected chi connectivity index (χ3v) is 2.71. The van der Waals surface area contributed by atoms with Crippen LogP contribution in [0.2, 0.25) is 0 Å². The van der Waals surface area contributed by atoms with E-state index in [2.05, 4.69) is 5.92 Å². The largest absolute Gasteiger partial charge is 0.394 e. The molecule has 0 fully saturated rings. The maximum Gasteiger partial charge on any atom is 0.156 e. The lowest BCUT2D eigenvalue weighted by molar-refractivity contribution is 0.593. The van der Waals surface area contributed by atoms with Crippen molar-refractivity contribution >= 4 is 16.5 Å². The molecule has 2 N–H and O–H groups in total. The molecule has 0 radical (unpaired) electrons. The number of hydrogen-bond donors (Lipinski definition) is 1. The summed E-state index contributed by atoms with van der Waals surface area (Å²) in [5.41, 5.74) is 4.60. The second-order valence-corrected chi connectivity index (χ2v) is 3.66. The van der Waals surface area contributed by atoms with Crippen LogP contribution in [0.25, 0.3) is 10.8 Å². The highest BCUT2D eigenvalue weighted by molar-refractivity contribution is 5.94. The summed E-state index contributed by atoms with van der Waals surface area (Å²) in [6.07, 6.45) is 5.16. The summed E-state index contributed by atoms with van der Waals surface area (Å²) < 4.78 is 40.8. The minimum absolute atomic E-state index is 0.0238. The molecule has 4 heteroatoms. The lowest BCUT2D eigenvalue weighted by atomic mass is 9.98. The van der Waals surface area contributed by atoms with E-state index in [0.29, 0.717) is 0 Å². The van der Waals surface area contributed by atoms with Crippen LogP contribution in [-0.4, -0.2) is 0 Å². The van der Waals surface area contributed by atoms with E-state index < -0.39 is 23.1 Å². The SMILES string of the molecule is C#Cc1c(F)ccc2c(F)c(N)c(F)c(C)c12.CC. The van der Waals surface area contributed by atoms with Gasteiger partial charge in [-0.05, 0) is 24.6 Å². The molecule has 2 aromatic carbocycles. The van der Waals surface area contributed by atoms with Crippen molar-refractivity contribution in [2.45, 2.75) is 20.8 Å². The Morgan fingerprint density at radius 3 is 2.21 bits per heavy atom. The molecule has 0 aliphatic heterocycles. The Kier molecular flexibility index (Phi) is 4.44. The van der Waals surface area contributed by atoms with E-state index in [1.54, 1.807) is 0 Å². The van der Waals surface area contributed by atoms with Gasteiger partial charge < -0.3 is 5.73 Å². The van der Waals surface area contributed by atoms with Gasteiger partial charge in [0, 0.05) is 10.8 Å². The molecule has 19 heavy (non-hydrogen) atoms. The van der Waals surface area contributed by atoms with Gasteiger partial charge in [0.1, 0.15) is 11.5 Å². The molecule has 2 aromatic rings. The first-order chi connectivity index (χ1) is 8.99. The average Bonchev–Trinajstić information content (AvgIpc) is 2.44. The lowest BCUT2D eigenvalue weighted by Gasteiger charge is -2.10. The van der Waals surface area contributed by atoms with Gasteiger partial charge in [-0.15, -0.1) is 6.42 Å². The van der Waals surface area contributed by atoms with Crippen LogP contribution in [0, 0.1) is 36.7 Å². The van der Waals surface area contributed by atoms with E-state index >= 15 is 0 Å². The highest BCUT2D eigenvalue weighted by Gasteiger charge is 2.18. The van der Waals surface area contributed by atoms with Gasteiger partial charge in [-0.25, -0.2) is 13.2 Å². The highest BCUT2D eigenvalue weighted by Crippen LogP contribution is 2.32. The van der Waals surface area contributed by atoms with E-state index in [4.69, 9.17) is 12.2 Å². The Morgan fingerprint density at radius 1 is 1.11 bits per heavy atom. The van der Waals surface area contributed by atoms with Crippen molar-refractivity contribution in [3.8, 4) is 12.3 Å². The van der Waals surface area contributed by atoms with Crippen molar-refractivity contribution in [1.82, 2.24) is 0 Å². The number of halogens is 3. The predicted molar refractivity (Wildman–Crippen MR) is 72.3 cm³/mol. The molecule has 100 valence electrons. The number of aryl methyl sites for hydroxylation is 1. The first-order valence-corrected chi connectivity index (χ1v) is 5.80. The zero-order valence-electron chi connectivity index (χ0n) is 10.9. The van der Waals surface area contributed by atoms with Crippen LogP contribution in [0.15, 0.2) is 12.1 Å². The fourth-order valence-electron chi connectivity index (χ4n) is 1.84. The molecular formula is C15H14F3N. The number of hydrogen-bond acceptors (Lipinski definition) is 1. The molecule has 0 aromatic heterocycles. The Hall–Kier alpha value is -2.15. The standard InChI is InChI=1S/C13H8F3N.C2H6/c1-3-7-9(14)5-4-8-10(7)6(2)11(15)13(17)12(8)16;1-2/h1,4-5H,17H2,2H3;1-2H3. The zero-order chi connectivity index (χ0) is 14.7. The number of benzene rings is 2. The van der Waals surface area contributed by atoms with Gasteiger partial charge in [0.25, 0.3) is 0 Å². The average molecular weight is 265 g/mol. The third kappa shape index (κ3) is 2.24. The maximum absolute atomic E-state index is 13.7. The fraction of sp³-hybridized carbons (Fsp3) is 0.200. The van der Waals surface area contributed by atoms with Gasteiger partial charge in [0.15, 0.2) is 11.6 Å². The topological polar surface area (TPSA) is 26.0 Å². The molecule has 0 atom stereocenters. The Labute approximate surface area is 110 Å². The van der Waals surface area contributed by atoms with Crippen molar-refractivity contribution in [3.05, 3.63) is 40.7 Å². The monoisotopic (exact) mass is 265 g/mol. The number of nitrogen functional groups attached to an aromatic ring is 1. The van der Waals surface area contributed by atoms with Gasteiger partial charge in [-0.3, -0.25) is 0 Å². The maximum atomic E-state index is 13.7. The first kappa shape index (κ1) is 14.9. The normalized spacial score (nSPS) is 9.74. The molecule has 0 saturated carbocycles. The van der Waals surface area contributed by atoms with Gasteiger partial charge >= 0.3 is 0 Å². The molecule has 0 amide bonds. The third-order valence-electron chi connectivity index (χ3n) is 2.71. The van der Waals surface area contributed by atoms with Crippen molar-refractivity contribution < 1.29 is 13.2 Å². The number of terminal acetylenes is 1. The van der Waals surface area contributed by atoms with Crippen LogP contribution < -0.4 is 5.73 Å². The van der Waals surface area contributed by atoms with Crippen LogP contribution in [0.5, 0.6) is 0 Å². The molecule has 1 nitrogen and oxygen atoms in total.